The molecule has 1 aliphatic rings. The second kappa shape index (κ2) is 9.42. The van der Waals surface area contributed by atoms with Crippen LogP contribution in [0.2, 0.25) is 0 Å². The molecule has 0 heterocycles. The minimum atomic E-state index is -1.01. The molecule has 3 rings (SSSR count). The van der Waals surface area contributed by atoms with Gasteiger partial charge in [0.15, 0.2) is 0 Å². The second-order valence-corrected chi connectivity index (χ2v) is 9.14. The molecule has 7 heteroatoms. The number of aliphatic carboxylic acids is 1. The van der Waals surface area contributed by atoms with Crippen molar-refractivity contribution in [2.75, 3.05) is 6.61 Å². The van der Waals surface area contributed by atoms with Crippen molar-refractivity contribution in [2.45, 2.75) is 51.6 Å². The van der Waals surface area contributed by atoms with Gasteiger partial charge in [-0.3, -0.25) is 9.59 Å². The van der Waals surface area contributed by atoms with Crippen molar-refractivity contribution in [3.05, 3.63) is 59.7 Å². The first kappa shape index (κ1) is 23.3. The van der Waals surface area contributed by atoms with Crippen LogP contribution in [0.3, 0.4) is 0 Å². The van der Waals surface area contributed by atoms with Gasteiger partial charge in [-0.1, -0.05) is 62.4 Å². The average molecular weight is 439 g/mol. The number of ether oxygens (including phenoxy) is 1. The van der Waals surface area contributed by atoms with Gasteiger partial charge in [0.1, 0.15) is 12.6 Å². The van der Waals surface area contributed by atoms with Crippen molar-refractivity contribution in [3.8, 4) is 11.1 Å². The maximum Gasteiger partial charge on any atom is 0.407 e. The van der Waals surface area contributed by atoms with E-state index in [2.05, 4.69) is 22.8 Å². The second-order valence-electron chi connectivity index (χ2n) is 9.14. The molecule has 0 aliphatic heterocycles. The molecule has 170 valence electrons. The minimum absolute atomic E-state index is 0.0750. The number of fused-ring (bicyclic) bond motifs is 3. The van der Waals surface area contributed by atoms with Gasteiger partial charge < -0.3 is 20.5 Å². The van der Waals surface area contributed by atoms with Crippen LogP contribution in [0, 0.1) is 5.92 Å². The standard InChI is InChI=1S/C25H30N2O5/c1-15(2)22(23(30)27-25(3,4)13-21(28)29)26-24(31)32-14-20-18-11-7-5-9-16(18)17-10-6-8-12-19(17)20/h5-12,15,20,22H,13-14H2,1-4H3,(H,26,31)(H,27,30)(H,28,29)/t22-/m0/s1. The summed E-state index contributed by atoms with van der Waals surface area (Å²) in [4.78, 5) is 36.3. The summed E-state index contributed by atoms with van der Waals surface area (Å²) in [5.74, 6) is -1.74. The molecule has 2 aromatic rings. The fourth-order valence-electron chi connectivity index (χ4n) is 4.14. The van der Waals surface area contributed by atoms with Gasteiger partial charge in [-0.25, -0.2) is 4.79 Å². The van der Waals surface area contributed by atoms with E-state index in [9.17, 15) is 14.4 Å². The molecule has 0 saturated carbocycles. The number of carboxylic acid groups (broad SMARTS) is 1. The third-order valence-electron chi connectivity index (χ3n) is 5.62. The minimum Gasteiger partial charge on any atom is -0.481 e. The molecule has 7 nitrogen and oxygen atoms in total. The van der Waals surface area contributed by atoms with Crippen LogP contribution in [0.5, 0.6) is 0 Å². The van der Waals surface area contributed by atoms with Gasteiger partial charge in [-0.2, -0.15) is 0 Å². The molecule has 1 atom stereocenters. The molecule has 3 N–H and O–H groups in total. The summed E-state index contributed by atoms with van der Waals surface area (Å²) in [5, 5.41) is 14.4. The first-order valence-electron chi connectivity index (χ1n) is 10.7. The van der Waals surface area contributed by atoms with Crippen LogP contribution in [0.25, 0.3) is 11.1 Å². The Morgan fingerprint density at radius 3 is 2.03 bits per heavy atom. The lowest BCUT2D eigenvalue weighted by atomic mass is 9.97. The van der Waals surface area contributed by atoms with E-state index in [-0.39, 0.29) is 24.9 Å². The summed E-state index contributed by atoms with van der Waals surface area (Å²) in [6.45, 7) is 7.01. The Kier molecular flexibility index (Phi) is 6.87. The highest BCUT2D eigenvalue weighted by Crippen LogP contribution is 2.44. The number of amides is 2. The molecular weight excluding hydrogens is 408 g/mol. The van der Waals surface area contributed by atoms with Crippen LogP contribution < -0.4 is 10.6 Å². The third kappa shape index (κ3) is 5.28. The summed E-state index contributed by atoms with van der Waals surface area (Å²) >= 11 is 0. The zero-order valence-corrected chi connectivity index (χ0v) is 18.8. The van der Waals surface area contributed by atoms with Gasteiger partial charge in [-0.15, -0.1) is 0 Å². The van der Waals surface area contributed by atoms with Crippen molar-refractivity contribution in [1.82, 2.24) is 10.6 Å². The predicted molar refractivity (Wildman–Crippen MR) is 121 cm³/mol. The van der Waals surface area contributed by atoms with Crippen molar-refractivity contribution in [3.63, 3.8) is 0 Å². The molecule has 0 unspecified atom stereocenters. The molecule has 0 aromatic heterocycles. The van der Waals surface area contributed by atoms with Crippen molar-refractivity contribution < 1.29 is 24.2 Å². The number of hydrogen-bond donors (Lipinski definition) is 3. The van der Waals surface area contributed by atoms with Gasteiger partial charge in [0, 0.05) is 11.5 Å². The highest BCUT2D eigenvalue weighted by atomic mass is 16.5. The molecule has 32 heavy (non-hydrogen) atoms. The van der Waals surface area contributed by atoms with E-state index in [4.69, 9.17) is 9.84 Å². The highest BCUT2D eigenvalue weighted by molar-refractivity contribution is 5.87. The molecule has 0 spiro atoms. The Balaban J connectivity index is 1.65. The van der Waals surface area contributed by atoms with Gasteiger partial charge in [-0.05, 0) is 42.0 Å². The monoisotopic (exact) mass is 438 g/mol. The van der Waals surface area contributed by atoms with E-state index in [0.717, 1.165) is 22.3 Å². The largest absolute Gasteiger partial charge is 0.481 e. The summed E-state index contributed by atoms with van der Waals surface area (Å²) in [6, 6.07) is 15.3. The average Bonchev–Trinajstić information content (AvgIpc) is 3.02. The number of nitrogens with one attached hydrogen (secondary N) is 2. The lowest BCUT2D eigenvalue weighted by molar-refractivity contribution is -0.138. The van der Waals surface area contributed by atoms with Crippen LogP contribution in [0.15, 0.2) is 48.5 Å². The van der Waals surface area contributed by atoms with E-state index in [1.807, 2.05) is 36.4 Å². The molecule has 1 aliphatic carbocycles. The third-order valence-corrected chi connectivity index (χ3v) is 5.62. The van der Waals surface area contributed by atoms with E-state index in [0.29, 0.717) is 0 Å². The number of benzene rings is 2. The summed E-state index contributed by atoms with van der Waals surface area (Å²) in [5.41, 5.74) is 3.54. The van der Waals surface area contributed by atoms with E-state index < -0.39 is 29.6 Å². The Hall–Kier alpha value is -3.35. The molecule has 2 amide bonds. The molecular formula is C25H30N2O5. The first-order chi connectivity index (χ1) is 15.1. The number of carbonyl (C=O) groups is 3. The van der Waals surface area contributed by atoms with Gasteiger partial charge in [0.2, 0.25) is 5.91 Å². The number of alkyl carbamates (subject to hydrolysis) is 1. The summed E-state index contributed by atoms with van der Waals surface area (Å²) in [6.07, 6.45) is -0.911. The van der Waals surface area contributed by atoms with Crippen LogP contribution in [0.4, 0.5) is 4.79 Å². The number of carbonyl (C=O) groups excluding carboxylic acids is 2. The number of rotatable bonds is 8. The Morgan fingerprint density at radius 1 is 1.00 bits per heavy atom. The van der Waals surface area contributed by atoms with E-state index in [1.165, 1.54) is 0 Å². The summed E-state index contributed by atoms with van der Waals surface area (Å²) < 4.78 is 5.54. The summed E-state index contributed by atoms with van der Waals surface area (Å²) in [7, 11) is 0. The molecule has 0 fully saturated rings. The van der Waals surface area contributed by atoms with Crippen LogP contribution in [-0.2, 0) is 14.3 Å². The zero-order chi connectivity index (χ0) is 23.5. The SMILES string of the molecule is CC(C)[C@H](NC(=O)OCC1c2ccccc2-c2ccccc21)C(=O)NC(C)(C)CC(=O)O. The lowest BCUT2D eigenvalue weighted by Crippen LogP contribution is -2.55. The first-order valence-corrected chi connectivity index (χ1v) is 10.7. The fourth-order valence-corrected chi connectivity index (χ4v) is 4.14. The Labute approximate surface area is 188 Å². The van der Waals surface area contributed by atoms with E-state index in [1.54, 1.807) is 27.7 Å². The fraction of sp³-hybridized carbons (Fsp3) is 0.400. The smallest absolute Gasteiger partial charge is 0.407 e. The topological polar surface area (TPSA) is 105 Å². The van der Waals surface area contributed by atoms with Crippen LogP contribution in [-0.4, -0.2) is 41.3 Å². The van der Waals surface area contributed by atoms with Crippen molar-refractivity contribution >= 4 is 18.0 Å². The predicted octanol–water partition coefficient (Wildman–Crippen LogP) is 3.92. The van der Waals surface area contributed by atoms with Crippen LogP contribution >= 0.6 is 0 Å². The maximum absolute atomic E-state index is 12.7. The van der Waals surface area contributed by atoms with Crippen molar-refractivity contribution in [1.29, 1.82) is 0 Å². The normalized spacial score (nSPS) is 13.8. The van der Waals surface area contributed by atoms with Crippen molar-refractivity contribution in [2.24, 2.45) is 5.92 Å². The Bertz CT molecular complexity index is 969. The quantitative estimate of drug-likeness (QED) is 0.579. The number of carboxylic acids is 1. The molecule has 0 saturated heterocycles. The zero-order valence-electron chi connectivity index (χ0n) is 18.8. The van der Waals surface area contributed by atoms with Gasteiger partial charge >= 0.3 is 12.1 Å². The molecule has 2 aromatic carbocycles. The molecule has 0 radical (unpaired) electrons. The lowest BCUT2D eigenvalue weighted by Gasteiger charge is -2.29. The highest BCUT2D eigenvalue weighted by Gasteiger charge is 2.32. The molecule has 0 bridgehead atoms. The van der Waals surface area contributed by atoms with Crippen LogP contribution in [0.1, 0.15) is 51.2 Å². The van der Waals surface area contributed by atoms with E-state index >= 15 is 0 Å². The number of hydrogen-bond acceptors (Lipinski definition) is 4. The van der Waals surface area contributed by atoms with Gasteiger partial charge in [0.05, 0.1) is 6.42 Å². The maximum atomic E-state index is 12.7. The Morgan fingerprint density at radius 2 is 1.53 bits per heavy atom. The van der Waals surface area contributed by atoms with Gasteiger partial charge in [0.25, 0.3) is 0 Å².